The van der Waals surface area contributed by atoms with Crippen LogP contribution in [0, 0.1) is 11.8 Å². The van der Waals surface area contributed by atoms with Crippen molar-refractivity contribution >= 4 is 17.2 Å². The molecular formula is C16H15NO2S. The van der Waals surface area contributed by atoms with E-state index in [4.69, 9.17) is 5.11 Å². The van der Waals surface area contributed by atoms with Gasteiger partial charge in [0.1, 0.15) is 6.61 Å². The van der Waals surface area contributed by atoms with Crippen molar-refractivity contribution in [3.05, 3.63) is 57.8 Å². The Balaban J connectivity index is 2.03. The van der Waals surface area contributed by atoms with Crippen LogP contribution in [0.15, 0.2) is 41.8 Å². The Labute approximate surface area is 122 Å². The number of carbonyl (C=O) groups is 1. The average molecular weight is 285 g/mol. The van der Waals surface area contributed by atoms with Gasteiger partial charge in [0.15, 0.2) is 0 Å². The van der Waals surface area contributed by atoms with Crippen LogP contribution in [0.25, 0.3) is 0 Å². The van der Waals surface area contributed by atoms with E-state index in [2.05, 4.69) is 17.2 Å². The number of nitrogens with one attached hydrogen (secondary N) is 1. The van der Waals surface area contributed by atoms with Crippen molar-refractivity contribution in [2.75, 3.05) is 6.61 Å². The first kappa shape index (κ1) is 14.3. The van der Waals surface area contributed by atoms with Gasteiger partial charge in [0.05, 0.1) is 16.5 Å². The van der Waals surface area contributed by atoms with Crippen LogP contribution in [0.3, 0.4) is 0 Å². The van der Waals surface area contributed by atoms with Crippen LogP contribution < -0.4 is 5.32 Å². The molecule has 1 atom stereocenters. The lowest BCUT2D eigenvalue weighted by molar-refractivity contribution is 0.0940. The van der Waals surface area contributed by atoms with E-state index < -0.39 is 0 Å². The largest absolute Gasteiger partial charge is 0.384 e. The molecule has 4 heteroatoms. The highest BCUT2D eigenvalue weighted by Gasteiger charge is 2.12. The molecule has 1 heterocycles. The minimum Gasteiger partial charge on any atom is -0.384 e. The van der Waals surface area contributed by atoms with Gasteiger partial charge in [-0.05, 0) is 18.6 Å². The fourth-order valence-corrected chi connectivity index (χ4v) is 2.51. The summed E-state index contributed by atoms with van der Waals surface area (Å²) in [6, 6.07) is 11.5. The number of hydrogen-bond acceptors (Lipinski definition) is 3. The molecule has 0 aliphatic rings. The summed E-state index contributed by atoms with van der Waals surface area (Å²) in [5, 5.41) is 13.4. The molecule has 2 N–H and O–H groups in total. The second-order valence-corrected chi connectivity index (χ2v) is 5.18. The minimum atomic E-state index is -0.176. The first-order valence-corrected chi connectivity index (χ1v) is 7.12. The van der Waals surface area contributed by atoms with Gasteiger partial charge in [-0.25, -0.2) is 0 Å². The Hall–Kier alpha value is -2.09. The highest BCUT2D eigenvalue weighted by Crippen LogP contribution is 2.16. The molecule has 0 saturated carbocycles. The number of hydrogen-bond donors (Lipinski definition) is 2. The maximum Gasteiger partial charge on any atom is 0.252 e. The van der Waals surface area contributed by atoms with Gasteiger partial charge in [-0.15, -0.1) is 11.3 Å². The molecule has 0 radical (unpaired) electrons. The van der Waals surface area contributed by atoms with Crippen molar-refractivity contribution in [1.29, 1.82) is 0 Å². The summed E-state index contributed by atoms with van der Waals surface area (Å²) < 4.78 is 0. The van der Waals surface area contributed by atoms with Crippen molar-refractivity contribution < 1.29 is 9.90 Å². The molecule has 3 nitrogen and oxygen atoms in total. The number of benzene rings is 1. The fourth-order valence-electron chi connectivity index (χ4n) is 1.75. The molecule has 0 saturated heterocycles. The molecule has 0 fully saturated rings. The van der Waals surface area contributed by atoms with E-state index in [-0.39, 0.29) is 18.6 Å². The predicted octanol–water partition coefficient (Wildman–Crippen LogP) is 2.58. The van der Waals surface area contributed by atoms with Gasteiger partial charge in [0, 0.05) is 5.38 Å². The average Bonchev–Trinajstić information content (AvgIpc) is 2.95. The van der Waals surface area contributed by atoms with Crippen molar-refractivity contribution in [3.8, 4) is 11.8 Å². The van der Waals surface area contributed by atoms with Crippen LogP contribution in [0.2, 0.25) is 0 Å². The van der Waals surface area contributed by atoms with Crippen LogP contribution >= 0.6 is 11.3 Å². The summed E-state index contributed by atoms with van der Waals surface area (Å²) in [6.07, 6.45) is 0. The number of carbonyl (C=O) groups excluding carboxylic acids is 1. The quantitative estimate of drug-likeness (QED) is 0.852. The smallest absolute Gasteiger partial charge is 0.252 e. The Morgan fingerprint density at radius 3 is 2.85 bits per heavy atom. The van der Waals surface area contributed by atoms with Gasteiger partial charge in [0.2, 0.25) is 0 Å². The molecule has 1 aromatic heterocycles. The van der Waals surface area contributed by atoms with Crippen LogP contribution in [0.1, 0.15) is 33.8 Å². The van der Waals surface area contributed by atoms with Crippen molar-refractivity contribution in [1.82, 2.24) is 5.32 Å². The minimum absolute atomic E-state index is 0.0458. The van der Waals surface area contributed by atoms with Gasteiger partial charge in [-0.1, -0.05) is 42.2 Å². The maximum absolute atomic E-state index is 12.1. The molecule has 2 aromatic rings. The van der Waals surface area contributed by atoms with Crippen LogP contribution in [-0.4, -0.2) is 17.6 Å². The zero-order chi connectivity index (χ0) is 14.4. The van der Waals surface area contributed by atoms with Crippen molar-refractivity contribution in [2.24, 2.45) is 0 Å². The SMILES string of the molecule is CC(NC(=O)c1csc(C#CCO)c1)c1ccccc1. The summed E-state index contributed by atoms with van der Waals surface area (Å²) in [7, 11) is 0. The summed E-state index contributed by atoms with van der Waals surface area (Å²) >= 11 is 1.40. The zero-order valence-electron chi connectivity index (χ0n) is 11.1. The molecule has 102 valence electrons. The van der Waals surface area contributed by atoms with Gasteiger partial charge in [-0.3, -0.25) is 4.79 Å². The van der Waals surface area contributed by atoms with Crippen molar-refractivity contribution in [3.63, 3.8) is 0 Å². The first-order chi connectivity index (χ1) is 9.70. The Morgan fingerprint density at radius 1 is 1.40 bits per heavy atom. The third-order valence-corrected chi connectivity index (χ3v) is 3.65. The van der Waals surface area contributed by atoms with E-state index in [9.17, 15) is 4.79 Å². The number of thiophene rings is 1. The number of aliphatic hydroxyl groups is 1. The zero-order valence-corrected chi connectivity index (χ0v) is 11.9. The molecule has 0 aliphatic heterocycles. The number of aliphatic hydroxyl groups excluding tert-OH is 1. The van der Waals surface area contributed by atoms with E-state index in [1.54, 1.807) is 11.4 Å². The normalized spacial score (nSPS) is 11.3. The molecular weight excluding hydrogens is 270 g/mol. The third-order valence-electron chi connectivity index (χ3n) is 2.80. The summed E-state index contributed by atoms with van der Waals surface area (Å²) in [6.45, 7) is 1.77. The van der Waals surface area contributed by atoms with E-state index in [1.165, 1.54) is 11.3 Å². The topological polar surface area (TPSA) is 49.3 Å². The van der Waals surface area contributed by atoms with Crippen molar-refractivity contribution in [2.45, 2.75) is 13.0 Å². The predicted molar refractivity (Wildman–Crippen MR) is 80.6 cm³/mol. The summed E-state index contributed by atoms with van der Waals surface area (Å²) in [4.78, 5) is 12.9. The Bertz CT molecular complexity index is 637. The van der Waals surface area contributed by atoms with E-state index >= 15 is 0 Å². The molecule has 2 rings (SSSR count). The highest BCUT2D eigenvalue weighted by molar-refractivity contribution is 7.10. The molecule has 1 unspecified atom stereocenters. The van der Waals surface area contributed by atoms with Crippen LogP contribution in [0.5, 0.6) is 0 Å². The Morgan fingerprint density at radius 2 is 2.15 bits per heavy atom. The molecule has 20 heavy (non-hydrogen) atoms. The summed E-state index contributed by atoms with van der Waals surface area (Å²) in [5.41, 5.74) is 1.66. The lowest BCUT2D eigenvalue weighted by atomic mass is 10.1. The number of amides is 1. The molecule has 1 amide bonds. The van der Waals surface area contributed by atoms with E-state index in [1.807, 2.05) is 37.3 Å². The van der Waals surface area contributed by atoms with Gasteiger partial charge in [-0.2, -0.15) is 0 Å². The first-order valence-electron chi connectivity index (χ1n) is 6.25. The standard InChI is InChI=1S/C16H15NO2S/c1-12(13-6-3-2-4-7-13)17-16(19)14-10-15(20-11-14)8-5-9-18/h2-4,6-7,10-12,18H,9H2,1H3,(H,17,19). The molecule has 0 spiro atoms. The third kappa shape index (κ3) is 3.70. The van der Waals surface area contributed by atoms with Crippen LogP contribution in [0.4, 0.5) is 0 Å². The maximum atomic E-state index is 12.1. The second-order valence-electron chi connectivity index (χ2n) is 4.27. The highest BCUT2D eigenvalue weighted by atomic mass is 32.1. The lowest BCUT2D eigenvalue weighted by Gasteiger charge is -2.13. The van der Waals surface area contributed by atoms with E-state index in [0.29, 0.717) is 5.56 Å². The van der Waals surface area contributed by atoms with Gasteiger partial charge in [0.25, 0.3) is 5.91 Å². The van der Waals surface area contributed by atoms with E-state index in [0.717, 1.165) is 10.4 Å². The molecule has 0 aliphatic carbocycles. The molecule has 1 aromatic carbocycles. The van der Waals surface area contributed by atoms with Crippen LogP contribution in [-0.2, 0) is 0 Å². The molecule has 0 bridgehead atoms. The fraction of sp³-hybridized carbons (Fsp3) is 0.188. The lowest BCUT2D eigenvalue weighted by Crippen LogP contribution is -2.26. The number of rotatable bonds is 3. The monoisotopic (exact) mass is 285 g/mol. The van der Waals surface area contributed by atoms with Gasteiger partial charge < -0.3 is 10.4 Å². The second kappa shape index (κ2) is 6.90. The van der Waals surface area contributed by atoms with Gasteiger partial charge >= 0.3 is 0 Å². The Kier molecular flexibility index (Phi) is 4.94. The summed E-state index contributed by atoms with van der Waals surface area (Å²) in [5.74, 6) is 5.24.